The number of nitrogens with zero attached hydrogens (tertiary/aromatic N) is 2. The molecule has 0 atom stereocenters. The Bertz CT molecular complexity index is 745. The summed E-state index contributed by atoms with van der Waals surface area (Å²) in [6.07, 6.45) is 2.53. The Balaban J connectivity index is 1.50. The van der Waals surface area contributed by atoms with E-state index >= 15 is 0 Å². The number of H-pyrrole nitrogens is 1. The molecule has 2 amide bonds. The highest BCUT2D eigenvalue weighted by atomic mass is 16.6. The van der Waals surface area contributed by atoms with Gasteiger partial charge in [-0.05, 0) is 32.6 Å². The first-order valence-electron chi connectivity index (χ1n) is 8.23. The van der Waals surface area contributed by atoms with Gasteiger partial charge in [-0.3, -0.25) is 9.89 Å². The second-order valence-electron chi connectivity index (χ2n) is 6.28. The van der Waals surface area contributed by atoms with E-state index in [-0.39, 0.29) is 18.4 Å². The molecule has 25 heavy (non-hydrogen) atoms. The van der Waals surface area contributed by atoms with Gasteiger partial charge in [0.1, 0.15) is 11.9 Å². The highest BCUT2D eigenvalue weighted by Gasteiger charge is 2.25. The number of nitrogens with two attached hydrogens (primary N) is 1. The second-order valence-corrected chi connectivity index (χ2v) is 6.28. The van der Waals surface area contributed by atoms with E-state index in [1.807, 2.05) is 6.07 Å². The summed E-state index contributed by atoms with van der Waals surface area (Å²) in [7, 11) is 0. The van der Waals surface area contributed by atoms with Crippen molar-refractivity contribution in [3.8, 4) is 0 Å². The summed E-state index contributed by atoms with van der Waals surface area (Å²) < 4.78 is 10.1. The third-order valence-electron chi connectivity index (χ3n) is 4.27. The van der Waals surface area contributed by atoms with Gasteiger partial charge in [0.15, 0.2) is 5.82 Å². The van der Waals surface area contributed by atoms with Crippen LogP contribution in [0.5, 0.6) is 0 Å². The van der Waals surface area contributed by atoms with Crippen LogP contribution in [-0.4, -0.2) is 33.5 Å². The van der Waals surface area contributed by atoms with Gasteiger partial charge in [0.2, 0.25) is 5.91 Å². The number of aryl methyl sites for hydroxylation is 1. The van der Waals surface area contributed by atoms with Crippen LogP contribution in [0, 0.1) is 6.92 Å². The number of anilines is 1. The van der Waals surface area contributed by atoms with Gasteiger partial charge < -0.3 is 20.3 Å². The van der Waals surface area contributed by atoms with E-state index in [0.29, 0.717) is 17.5 Å². The number of nitrogens with one attached hydrogen (secondary N) is 2. The molecule has 3 rings (SSSR count). The molecule has 0 unspecified atom stereocenters. The van der Waals surface area contributed by atoms with Gasteiger partial charge in [0.25, 0.3) is 0 Å². The minimum Gasteiger partial charge on any atom is -0.446 e. The van der Waals surface area contributed by atoms with E-state index in [1.54, 1.807) is 13.0 Å². The molecule has 0 radical (unpaired) electrons. The summed E-state index contributed by atoms with van der Waals surface area (Å²) in [5, 5.41) is 13.6. The largest absolute Gasteiger partial charge is 0.446 e. The Kier molecular flexibility index (Phi) is 5.01. The van der Waals surface area contributed by atoms with Crippen molar-refractivity contribution in [1.82, 2.24) is 15.4 Å². The minimum atomic E-state index is -0.725. The third-order valence-corrected chi connectivity index (χ3v) is 4.27. The van der Waals surface area contributed by atoms with Crippen LogP contribution in [0.3, 0.4) is 0 Å². The zero-order valence-corrected chi connectivity index (χ0v) is 13.9. The van der Waals surface area contributed by atoms with Gasteiger partial charge in [0, 0.05) is 23.7 Å². The standard InChI is InChI=1S/C16H21N5O4/c1-9-6-12(25-21-9)7-15(22)18-14-8-13(19-20-14)10-2-4-11(5-3-10)24-16(17)23/h6,8,10-11H,2-5,7H2,1H3,(H2,17,23)(H2,18,19,20,22). The lowest BCUT2D eigenvalue weighted by Crippen LogP contribution is -2.26. The second kappa shape index (κ2) is 7.37. The first-order valence-corrected chi connectivity index (χ1v) is 8.23. The summed E-state index contributed by atoms with van der Waals surface area (Å²) in [4.78, 5) is 22.8. The number of hydrogen-bond donors (Lipinski definition) is 3. The lowest BCUT2D eigenvalue weighted by Gasteiger charge is -2.26. The Morgan fingerprint density at radius 1 is 1.36 bits per heavy atom. The van der Waals surface area contributed by atoms with Crippen molar-refractivity contribution in [1.29, 1.82) is 0 Å². The number of aromatic nitrogens is 3. The van der Waals surface area contributed by atoms with Crippen molar-refractivity contribution in [2.75, 3.05) is 5.32 Å². The molecule has 1 aliphatic rings. The van der Waals surface area contributed by atoms with Crippen molar-refractivity contribution < 1.29 is 18.8 Å². The van der Waals surface area contributed by atoms with E-state index in [1.165, 1.54) is 0 Å². The summed E-state index contributed by atoms with van der Waals surface area (Å²) in [5.74, 6) is 1.07. The first kappa shape index (κ1) is 17.0. The molecule has 2 heterocycles. The fourth-order valence-electron chi connectivity index (χ4n) is 3.11. The van der Waals surface area contributed by atoms with Crippen molar-refractivity contribution >= 4 is 17.8 Å². The van der Waals surface area contributed by atoms with Gasteiger partial charge in [0.05, 0.1) is 12.1 Å². The Hall–Kier alpha value is -2.84. The maximum Gasteiger partial charge on any atom is 0.404 e. The predicted octanol–water partition coefficient (Wildman–Crippen LogP) is 2.01. The van der Waals surface area contributed by atoms with Crippen molar-refractivity contribution in [2.24, 2.45) is 5.73 Å². The first-order chi connectivity index (χ1) is 12.0. The fourth-order valence-corrected chi connectivity index (χ4v) is 3.11. The maximum atomic E-state index is 12.0. The maximum absolute atomic E-state index is 12.0. The normalized spacial score (nSPS) is 20.2. The molecule has 1 saturated carbocycles. The highest BCUT2D eigenvalue weighted by molar-refractivity contribution is 5.91. The number of aromatic amines is 1. The van der Waals surface area contributed by atoms with Crippen LogP contribution < -0.4 is 11.1 Å². The number of hydrogen-bond acceptors (Lipinski definition) is 6. The number of primary amides is 1. The summed E-state index contributed by atoms with van der Waals surface area (Å²) in [6.45, 7) is 1.80. The van der Waals surface area contributed by atoms with Gasteiger partial charge >= 0.3 is 6.09 Å². The number of carbonyl (C=O) groups excluding carboxylic acids is 2. The number of rotatable bonds is 5. The fraction of sp³-hybridized carbons (Fsp3) is 0.500. The molecule has 9 nitrogen and oxygen atoms in total. The molecule has 2 aromatic rings. The zero-order chi connectivity index (χ0) is 17.8. The number of carbonyl (C=O) groups is 2. The van der Waals surface area contributed by atoms with Crippen molar-refractivity contribution in [3.63, 3.8) is 0 Å². The van der Waals surface area contributed by atoms with Crippen molar-refractivity contribution in [2.45, 2.75) is 51.0 Å². The van der Waals surface area contributed by atoms with Gasteiger partial charge in [-0.2, -0.15) is 5.10 Å². The van der Waals surface area contributed by atoms with E-state index in [4.69, 9.17) is 15.0 Å². The topological polar surface area (TPSA) is 136 Å². The average molecular weight is 347 g/mol. The van der Waals surface area contributed by atoms with E-state index in [9.17, 15) is 9.59 Å². The van der Waals surface area contributed by atoms with Crippen LogP contribution in [0.25, 0.3) is 0 Å². The smallest absolute Gasteiger partial charge is 0.404 e. The molecule has 0 aliphatic heterocycles. The molecular weight excluding hydrogens is 326 g/mol. The number of amides is 2. The number of ether oxygens (including phenoxy) is 1. The molecule has 0 bridgehead atoms. The molecule has 4 N–H and O–H groups in total. The van der Waals surface area contributed by atoms with Crippen molar-refractivity contribution in [3.05, 3.63) is 29.3 Å². The van der Waals surface area contributed by atoms with Crippen LogP contribution >= 0.6 is 0 Å². The molecular formula is C16H21N5O4. The third kappa shape index (κ3) is 4.59. The molecule has 134 valence electrons. The molecule has 1 aliphatic carbocycles. The predicted molar refractivity (Wildman–Crippen MR) is 87.8 cm³/mol. The molecule has 0 saturated heterocycles. The lowest BCUT2D eigenvalue weighted by molar-refractivity contribution is -0.115. The Morgan fingerprint density at radius 3 is 2.76 bits per heavy atom. The highest BCUT2D eigenvalue weighted by Crippen LogP contribution is 2.33. The van der Waals surface area contributed by atoms with Crippen LogP contribution in [0.15, 0.2) is 16.7 Å². The summed E-state index contributed by atoms with van der Waals surface area (Å²) >= 11 is 0. The Morgan fingerprint density at radius 2 is 2.12 bits per heavy atom. The van der Waals surface area contributed by atoms with E-state index in [2.05, 4.69) is 20.7 Å². The van der Waals surface area contributed by atoms with Crippen LogP contribution in [0.2, 0.25) is 0 Å². The zero-order valence-electron chi connectivity index (χ0n) is 13.9. The summed E-state index contributed by atoms with van der Waals surface area (Å²) in [6, 6.07) is 3.56. The molecule has 9 heteroatoms. The van der Waals surface area contributed by atoms with Gasteiger partial charge in [-0.15, -0.1) is 0 Å². The molecule has 1 fully saturated rings. The minimum absolute atomic E-state index is 0.110. The SMILES string of the molecule is Cc1cc(CC(=O)Nc2cc(C3CCC(OC(N)=O)CC3)[nH]n2)on1. The van der Waals surface area contributed by atoms with Gasteiger partial charge in [-0.1, -0.05) is 5.16 Å². The van der Waals surface area contributed by atoms with Crippen LogP contribution in [0.1, 0.15) is 48.7 Å². The van der Waals surface area contributed by atoms with Crippen LogP contribution in [-0.2, 0) is 16.0 Å². The summed E-state index contributed by atoms with van der Waals surface area (Å²) in [5.41, 5.74) is 6.75. The average Bonchev–Trinajstić information content (AvgIpc) is 3.17. The van der Waals surface area contributed by atoms with E-state index in [0.717, 1.165) is 37.1 Å². The molecule has 2 aromatic heterocycles. The molecule has 0 spiro atoms. The quantitative estimate of drug-likeness (QED) is 0.757. The Labute approximate surface area is 144 Å². The molecule has 0 aromatic carbocycles. The van der Waals surface area contributed by atoms with Crippen LogP contribution in [0.4, 0.5) is 10.6 Å². The van der Waals surface area contributed by atoms with Gasteiger partial charge in [-0.25, -0.2) is 4.79 Å². The monoisotopic (exact) mass is 347 g/mol. The van der Waals surface area contributed by atoms with E-state index < -0.39 is 6.09 Å². The lowest BCUT2D eigenvalue weighted by atomic mass is 9.85.